The molecule has 0 fully saturated rings. The van der Waals surface area contributed by atoms with Crippen molar-refractivity contribution in [3.8, 4) is 17.2 Å². The molecule has 0 radical (unpaired) electrons. The predicted octanol–water partition coefficient (Wildman–Crippen LogP) is 4.13. The highest BCUT2D eigenvalue weighted by Gasteiger charge is 2.27. The van der Waals surface area contributed by atoms with Gasteiger partial charge in [-0.15, -0.1) is 0 Å². The number of carbonyl (C=O) groups is 2. The standard InChI is InChI=1S/C23H20N2O4/c1-15-22(26)25-19-12-7-11-18(21(19)28-15)23(27)24-14-16-8-5-6-13-20(16)29-17-9-3-2-4-10-17/h2-13,15H,14H2,1H3,(H,24,27)(H,25,26). The summed E-state index contributed by atoms with van der Waals surface area (Å²) in [5.41, 5.74) is 1.71. The normalized spacial score (nSPS) is 14.9. The molecule has 6 nitrogen and oxygen atoms in total. The van der Waals surface area contributed by atoms with Gasteiger partial charge in [0, 0.05) is 12.1 Å². The third-order valence-electron chi connectivity index (χ3n) is 4.56. The average Bonchev–Trinajstić information content (AvgIpc) is 2.74. The van der Waals surface area contributed by atoms with Crippen molar-refractivity contribution in [2.24, 2.45) is 0 Å². The van der Waals surface area contributed by atoms with Crippen LogP contribution in [0.15, 0.2) is 72.8 Å². The van der Waals surface area contributed by atoms with Crippen molar-refractivity contribution in [2.75, 3.05) is 5.32 Å². The van der Waals surface area contributed by atoms with E-state index in [1.54, 1.807) is 25.1 Å². The van der Waals surface area contributed by atoms with Crippen LogP contribution in [0.4, 0.5) is 5.69 Å². The monoisotopic (exact) mass is 388 g/mol. The maximum Gasteiger partial charge on any atom is 0.265 e. The van der Waals surface area contributed by atoms with E-state index in [2.05, 4.69) is 10.6 Å². The summed E-state index contributed by atoms with van der Waals surface area (Å²) in [6.45, 7) is 1.93. The molecule has 3 aromatic rings. The van der Waals surface area contributed by atoms with Crippen molar-refractivity contribution >= 4 is 17.5 Å². The fourth-order valence-electron chi connectivity index (χ4n) is 3.04. The van der Waals surface area contributed by atoms with Crippen molar-refractivity contribution in [1.29, 1.82) is 0 Å². The zero-order chi connectivity index (χ0) is 20.2. The van der Waals surface area contributed by atoms with Crippen LogP contribution in [0.3, 0.4) is 0 Å². The number of carbonyl (C=O) groups excluding carboxylic acids is 2. The Kier molecular flexibility index (Phi) is 5.16. The maximum absolute atomic E-state index is 12.8. The molecule has 4 rings (SSSR count). The van der Waals surface area contributed by atoms with Crippen LogP contribution in [0.5, 0.6) is 17.2 Å². The lowest BCUT2D eigenvalue weighted by atomic mass is 10.1. The van der Waals surface area contributed by atoms with Gasteiger partial charge >= 0.3 is 0 Å². The van der Waals surface area contributed by atoms with Gasteiger partial charge in [0.2, 0.25) is 0 Å². The molecule has 1 unspecified atom stereocenters. The molecule has 29 heavy (non-hydrogen) atoms. The van der Waals surface area contributed by atoms with Gasteiger partial charge in [-0.25, -0.2) is 0 Å². The van der Waals surface area contributed by atoms with Crippen LogP contribution in [0.25, 0.3) is 0 Å². The Hall–Kier alpha value is -3.80. The van der Waals surface area contributed by atoms with E-state index in [1.165, 1.54) is 0 Å². The van der Waals surface area contributed by atoms with Gasteiger partial charge in [0.1, 0.15) is 11.5 Å². The van der Waals surface area contributed by atoms with Gasteiger partial charge in [-0.1, -0.05) is 42.5 Å². The lowest BCUT2D eigenvalue weighted by molar-refractivity contribution is -0.122. The van der Waals surface area contributed by atoms with E-state index in [-0.39, 0.29) is 18.4 Å². The van der Waals surface area contributed by atoms with Crippen molar-refractivity contribution in [2.45, 2.75) is 19.6 Å². The molecule has 3 aromatic carbocycles. The number of rotatable bonds is 5. The lowest BCUT2D eigenvalue weighted by Crippen LogP contribution is -2.35. The first-order chi connectivity index (χ1) is 14.1. The first kappa shape index (κ1) is 18.6. The summed E-state index contributed by atoms with van der Waals surface area (Å²) in [6, 6.07) is 22.1. The zero-order valence-electron chi connectivity index (χ0n) is 15.8. The minimum absolute atomic E-state index is 0.234. The zero-order valence-corrected chi connectivity index (χ0v) is 15.8. The molecule has 0 bridgehead atoms. The van der Waals surface area contributed by atoms with E-state index in [9.17, 15) is 9.59 Å². The summed E-state index contributed by atoms with van der Waals surface area (Å²) in [7, 11) is 0. The van der Waals surface area contributed by atoms with E-state index in [1.807, 2.05) is 54.6 Å². The molecule has 1 heterocycles. The van der Waals surface area contributed by atoms with Crippen LogP contribution in [-0.2, 0) is 11.3 Å². The minimum Gasteiger partial charge on any atom is -0.478 e. The molecule has 0 saturated carbocycles. The van der Waals surface area contributed by atoms with Gasteiger partial charge in [-0.05, 0) is 37.3 Å². The Labute approximate surface area is 168 Å². The fourth-order valence-corrected chi connectivity index (χ4v) is 3.04. The second-order valence-electron chi connectivity index (χ2n) is 6.64. The molecule has 1 aliphatic rings. The molecule has 6 heteroatoms. The van der Waals surface area contributed by atoms with Crippen molar-refractivity contribution in [1.82, 2.24) is 5.32 Å². The van der Waals surface area contributed by atoms with Gasteiger partial charge in [-0.2, -0.15) is 0 Å². The Bertz CT molecular complexity index is 1050. The highest BCUT2D eigenvalue weighted by Crippen LogP contribution is 2.33. The predicted molar refractivity (Wildman–Crippen MR) is 109 cm³/mol. The van der Waals surface area contributed by atoms with Crippen LogP contribution in [0, 0.1) is 0 Å². The smallest absolute Gasteiger partial charge is 0.265 e. The van der Waals surface area contributed by atoms with Crippen molar-refractivity contribution in [3.63, 3.8) is 0 Å². The van der Waals surface area contributed by atoms with Gasteiger partial charge < -0.3 is 20.1 Å². The van der Waals surface area contributed by atoms with E-state index < -0.39 is 6.10 Å². The summed E-state index contributed by atoms with van der Waals surface area (Å²) >= 11 is 0. The van der Waals surface area contributed by atoms with Crippen molar-refractivity contribution in [3.05, 3.63) is 83.9 Å². The number of ether oxygens (including phenoxy) is 2. The molecule has 0 aromatic heterocycles. The quantitative estimate of drug-likeness (QED) is 0.689. The van der Waals surface area contributed by atoms with Crippen LogP contribution in [-0.4, -0.2) is 17.9 Å². The SMILES string of the molecule is CC1Oc2c(cccc2C(=O)NCc2ccccc2Oc2ccccc2)NC1=O. The summed E-state index contributed by atoms with van der Waals surface area (Å²) in [5, 5.41) is 5.66. The topological polar surface area (TPSA) is 76.7 Å². The van der Waals surface area contributed by atoms with Crippen molar-refractivity contribution < 1.29 is 19.1 Å². The van der Waals surface area contributed by atoms with Crippen LogP contribution >= 0.6 is 0 Å². The maximum atomic E-state index is 12.8. The number of fused-ring (bicyclic) bond motifs is 1. The number of nitrogens with one attached hydrogen (secondary N) is 2. The Morgan fingerprint density at radius 3 is 2.62 bits per heavy atom. The average molecular weight is 388 g/mol. The first-order valence-corrected chi connectivity index (χ1v) is 9.31. The molecule has 0 spiro atoms. The van der Waals surface area contributed by atoms with Gasteiger partial charge in [0.25, 0.3) is 11.8 Å². The van der Waals surface area contributed by atoms with Gasteiger partial charge in [-0.3, -0.25) is 9.59 Å². The van der Waals surface area contributed by atoms with E-state index in [4.69, 9.17) is 9.47 Å². The van der Waals surface area contributed by atoms with Crippen LogP contribution < -0.4 is 20.1 Å². The number of benzene rings is 3. The van der Waals surface area contributed by atoms with Crippen LogP contribution in [0.2, 0.25) is 0 Å². The van der Waals surface area contributed by atoms with Crippen LogP contribution in [0.1, 0.15) is 22.8 Å². The Morgan fingerprint density at radius 2 is 1.79 bits per heavy atom. The number of hydrogen-bond donors (Lipinski definition) is 2. The Morgan fingerprint density at radius 1 is 1.03 bits per heavy atom. The molecule has 146 valence electrons. The number of hydrogen-bond acceptors (Lipinski definition) is 4. The number of amides is 2. The molecule has 0 aliphatic carbocycles. The van der Waals surface area contributed by atoms with E-state index >= 15 is 0 Å². The number of para-hydroxylation sites is 3. The third kappa shape index (κ3) is 4.06. The molecule has 1 aliphatic heterocycles. The summed E-state index contributed by atoms with van der Waals surface area (Å²) in [4.78, 5) is 24.6. The summed E-state index contributed by atoms with van der Waals surface area (Å²) in [5.74, 6) is 1.25. The second-order valence-corrected chi connectivity index (χ2v) is 6.64. The largest absolute Gasteiger partial charge is 0.478 e. The Balaban J connectivity index is 1.50. The molecule has 0 saturated heterocycles. The lowest BCUT2D eigenvalue weighted by Gasteiger charge is -2.25. The molecule has 2 N–H and O–H groups in total. The first-order valence-electron chi connectivity index (χ1n) is 9.31. The molecular formula is C23H20N2O4. The summed E-state index contributed by atoms with van der Waals surface area (Å²) in [6.07, 6.45) is -0.656. The van der Waals surface area contributed by atoms with E-state index in [0.29, 0.717) is 22.7 Å². The number of anilines is 1. The summed E-state index contributed by atoms with van der Waals surface area (Å²) < 4.78 is 11.6. The van der Waals surface area contributed by atoms with E-state index in [0.717, 1.165) is 11.3 Å². The minimum atomic E-state index is -0.656. The molecular weight excluding hydrogens is 368 g/mol. The highest BCUT2D eigenvalue weighted by molar-refractivity contribution is 6.03. The highest BCUT2D eigenvalue weighted by atomic mass is 16.5. The second kappa shape index (κ2) is 8.06. The van der Waals surface area contributed by atoms with Gasteiger partial charge in [0.05, 0.1) is 11.3 Å². The third-order valence-corrected chi connectivity index (χ3v) is 4.56. The molecule has 2 amide bonds. The fraction of sp³-hybridized carbons (Fsp3) is 0.130. The molecule has 1 atom stereocenters. The van der Waals surface area contributed by atoms with Gasteiger partial charge in [0.15, 0.2) is 11.9 Å².